The first-order valence-electron chi connectivity index (χ1n) is 11.0. The van der Waals surface area contributed by atoms with Crippen molar-refractivity contribution in [2.24, 2.45) is 0 Å². The molecule has 0 aliphatic carbocycles. The molecular formula is C25H27N3O2S. The first-order valence-corrected chi connectivity index (χ1v) is 11.9. The molecule has 0 radical (unpaired) electrons. The van der Waals surface area contributed by atoms with Crippen LogP contribution in [-0.2, 0) is 4.79 Å². The van der Waals surface area contributed by atoms with Crippen molar-refractivity contribution in [1.82, 2.24) is 9.88 Å². The molecule has 1 saturated heterocycles. The summed E-state index contributed by atoms with van der Waals surface area (Å²) in [7, 11) is 0. The lowest BCUT2D eigenvalue weighted by Gasteiger charge is -2.35. The maximum Gasteiger partial charge on any atom is 0.267 e. The molecule has 1 aromatic heterocycles. The van der Waals surface area contributed by atoms with Gasteiger partial charge >= 0.3 is 0 Å². The molecule has 0 N–H and O–H groups in total. The van der Waals surface area contributed by atoms with Crippen LogP contribution in [0.4, 0.5) is 5.69 Å². The van der Waals surface area contributed by atoms with Crippen molar-refractivity contribution in [2.75, 3.05) is 31.1 Å². The Kier molecular flexibility index (Phi) is 5.74. The van der Waals surface area contributed by atoms with Gasteiger partial charge in [-0.1, -0.05) is 36.8 Å². The smallest absolute Gasteiger partial charge is 0.267 e. The van der Waals surface area contributed by atoms with Gasteiger partial charge in [0.1, 0.15) is 10.8 Å². The molecule has 31 heavy (non-hydrogen) atoms. The van der Waals surface area contributed by atoms with Crippen LogP contribution >= 0.6 is 11.3 Å². The average molecular weight is 434 g/mol. The highest BCUT2D eigenvalue weighted by atomic mass is 32.1. The van der Waals surface area contributed by atoms with E-state index in [1.54, 1.807) is 11.3 Å². The summed E-state index contributed by atoms with van der Waals surface area (Å²) in [5.41, 5.74) is 3.90. The Balaban J connectivity index is 1.42. The van der Waals surface area contributed by atoms with Gasteiger partial charge in [0.2, 0.25) is 0 Å². The molecule has 1 fully saturated rings. The SMILES string of the molecule is CC1Oc2ccc(-c3csc(-c4ccccc4)n3)cc2N(CCN2CCCCC2)C1=O. The van der Waals surface area contributed by atoms with Crippen molar-refractivity contribution in [1.29, 1.82) is 0 Å². The van der Waals surface area contributed by atoms with E-state index in [9.17, 15) is 4.79 Å². The highest BCUT2D eigenvalue weighted by Gasteiger charge is 2.32. The number of thiazole rings is 1. The third-order valence-electron chi connectivity index (χ3n) is 6.08. The summed E-state index contributed by atoms with van der Waals surface area (Å²) in [6.07, 6.45) is 3.36. The van der Waals surface area contributed by atoms with Gasteiger partial charge in [-0.05, 0) is 51.1 Å². The minimum Gasteiger partial charge on any atom is -0.479 e. The summed E-state index contributed by atoms with van der Waals surface area (Å²) in [5, 5.41) is 3.08. The number of aromatic nitrogens is 1. The number of benzene rings is 2. The fraction of sp³-hybridized carbons (Fsp3) is 0.360. The van der Waals surface area contributed by atoms with Crippen LogP contribution in [-0.4, -0.2) is 48.1 Å². The Morgan fingerprint density at radius 2 is 1.84 bits per heavy atom. The first-order chi connectivity index (χ1) is 15.2. The summed E-state index contributed by atoms with van der Waals surface area (Å²) in [5.74, 6) is 0.804. The van der Waals surface area contributed by atoms with Crippen molar-refractivity contribution in [3.63, 3.8) is 0 Å². The van der Waals surface area contributed by atoms with E-state index >= 15 is 0 Å². The van der Waals surface area contributed by atoms with Crippen molar-refractivity contribution < 1.29 is 9.53 Å². The molecule has 3 aromatic rings. The molecule has 2 aliphatic heterocycles. The van der Waals surface area contributed by atoms with Crippen LogP contribution < -0.4 is 9.64 Å². The second-order valence-electron chi connectivity index (χ2n) is 8.24. The molecule has 1 unspecified atom stereocenters. The zero-order valence-corrected chi connectivity index (χ0v) is 18.6. The van der Waals surface area contributed by atoms with Crippen molar-refractivity contribution >= 4 is 22.9 Å². The van der Waals surface area contributed by atoms with Crippen molar-refractivity contribution in [2.45, 2.75) is 32.3 Å². The summed E-state index contributed by atoms with van der Waals surface area (Å²) in [6, 6.07) is 16.3. The number of carbonyl (C=O) groups is 1. The molecule has 160 valence electrons. The fourth-order valence-electron chi connectivity index (χ4n) is 4.34. The first kappa shape index (κ1) is 20.2. The van der Waals surface area contributed by atoms with E-state index in [0.717, 1.165) is 52.9 Å². The van der Waals surface area contributed by atoms with Gasteiger partial charge < -0.3 is 14.5 Å². The second kappa shape index (κ2) is 8.81. The van der Waals surface area contributed by atoms with E-state index < -0.39 is 6.10 Å². The maximum atomic E-state index is 13.0. The van der Waals surface area contributed by atoms with Gasteiger partial charge in [-0.3, -0.25) is 4.79 Å². The summed E-state index contributed by atoms with van der Waals surface area (Å²) < 4.78 is 5.91. The number of hydrogen-bond donors (Lipinski definition) is 0. The van der Waals surface area contributed by atoms with Crippen LogP contribution in [0.1, 0.15) is 26.2 Å². The molecule has 5 rings (SSSR count). The fourth-order valence-corrected chi connectivity index (χ4v) is 5.18. The van der Waals surface area contributed by atoms with Crippen LogP contribution in [0, 0.1) is 0 Å². The number of nitrogens with zero attached hydrogens (tertiary/aromatic N) is 3. The standard InChI is InChI=1S/C25H27N3O2S/c1-18-25(29)28(15-14-27-12-6-3-7-13-27)22-16-20(10-11-23(22)30-18)21-17-31-24(26-21)19-8-4-2-5-9-19/h2,4-5,8-11,16-18H,3,6-7,12-15H2,1H3. The van der Waals surface area contributed by atoms with Crippen LogP contribution in [0.3, 0.4) is 0 Å². The number of rotatable bonds is 5. The van der Waals surface area contributed by atoms with E-state index in [4.69, 9.17) is 9.72 Å². The Morgan fingerprint density at radius 1 is 1.03 bits per heavy atom. The highest BCUT2D eigenvalue weighted by Crippen LogP contribution is 2.38. The lowest BCUT2D eigenvalue weighted by molar-refractivity contribution is -0.125. The maximum absolute atomic E-state index is 13.0. The van der Waals surface area contributed by atoms with E-state index in [0.29, 0.717) is 6.54 Å². The van der Waals surface area contributed by atoms with Gasteiger partial charge in [0, 0.05) is 29.6 Å². The number of piperidine rings is 1. The van der Waals surface area contributed by atoms with E-state index in [1.165, 1.54) is 19.3 Å². The summed E-state index contributed by atoms with van der Waals surface area (Å²) in [4.78, 5) is 22.2. The summed E-state index contributed by atoms with van der Waals surface area (Å²) >= 11 is 1.64. The third-order valence-corrected chi connectivity index (χ3v) is 6.97. The van der Waals surface area contributed by atoms with Crippen molar-refractivity contribution in [3.8, 4) is 27.6 Å². The van der Waals surface area contributed by atoms with Crippen LogP contribution in [0.2, 0.25) is 0 Å². The molecule has 2 aliphatic rings. The number of anilines is 1. The largest absolute Gasteiger partial charge is 0.479 e. The van der Waals surface area contributed by atoms with Gasteiger partial charge in [0.05, 0.1) is 11.4 Å². The number of carbonyl (C=O) groups excluding carboxylic acids is 1. The Morgan fingerprint density at radius 3 is 2.65 bits per heavy atom. The number of ether oxygens (including phenoxy) is 1. The molecule has 0 spiro atoms. The average Bonchev–Trinajstić information content (AvgIpc) is 3.31. The topological polar surface area (TPSA) is 45.7 Å². The van der Waals surface area contributed by atoms with E-state index in [2.05, 4.69) is 28.5 Å². The monoisotopic (exact) mass is 433 g/mol. The molecular weight excluding hydrogens is 406 g/mol. The normalized spacial score (nSPS) is 19.2. The lowest BCUT2D eigenvalue weighted by Crippen LogP contribution is -2.48. The molecule has 6 heteroatoms. The predicted molar refractivity (Wildman–Crippen MR) is 126 cm³/mol. The quantitative estimate of drug-likeness (QED) is 0.563. The Labute approximate surface area is 187 Å². The zero-order chi connectivity index (χ0) is 21.2. The minimum absolute atomic E-state index is 0.0323. The predicted octanol–water partition coefficient (Wildman–Crippen LogP) is 5.08. The van der Waals surface area contributed by atoms with Crippen LogP contribution in [0.5, 0.6) is 5.75 Å². The van der Waals surface area contributed by atoms with Crippen molar-refractivity contribution in [3.05, 3.63) is 53.9 Å². The van der Waals surface area contributed by atoms with Crippen LogP contribution in [0.25, 0.3) is 21.8 Å². The number of hydrogen-bond acceptors (Lipinski definition) is 5. The van der Waals surface area contributed by atoms with Gasteiger partial charge in [0.25, 0.3) is 5.91 Å². The second-order valence-corrected chi connectivity index (χ2v) is 9.10. The van der Waals surface area contributed by atoms with E-state index in [1.807, 2.05) is 42.2 Å². The molecule has 0 bridgehead atoms. The van der Waals surface area contributed by atoms with E-state index in [-0.39, 0.29) is 5.91 Å². The number of likely N-dealkylation sites (tertiary alicyclic amines) is 1. The molecule has 0 saturated carbocycles. The minimum atomic E-state index is -0.455. The summed E-state index contributed by atoms with van der Waals surface area (Å²) in [6.45, 7) is 5.68. The molecule has 1 atom stereocenters. The third kappa shape index (κ3) is 4.23. The van der Waals surface area contributed by atoms with Gasteiger partial charge in [-0.25, -0.2) is 4.98 Å². The van der Waals surface area contributed by atoms with Gasteiger partial charge in [0.15, 0.2) is 6.10 Å². The molecule has 2 aromatic carbocycles. The molecule has 5 nitrogen and oxygen atoms in total. The zero-order valence-electron chi connectivity index (χ0n) is 17.8. The number of fused-ring (bicyclic) bond motifs is 1. The lowest BCUT2D eigenvalue weighted by atomic mass is 10.1. The number of amides is 1. The van der Waals surface area contributed by atoms with Gasteiger partial charge in [-0.15, -0.1) is 11.3 Å². The Bertz CT molecular complexity index is 1060. The van der Waals surface area contributed by atoms with Crippen LogP contribution in [0.15, 0.2) is 53.9 Å². The van der Waals surface area contributed by atoms with Gasteiger partial charge in [-0.2, -0.15) is 0 Å². The highest BCUT2D eigenvalue weighted by molar-refractivity contribution is 7.13. The molecule has 1 amide bonds. The Hall–Kier alpha value is -2.70. The molecule has 3 heterocycles.